The molecule has 1 saturated heterocycles. The molecule has 232 valence electrons. The van der Waals surface area contributed by atoms with Crippen molar-refractivity contribution < 1.29 is 9.26 Å². The van der Waals surface area contributed by atoms with E-state index in [4.69, 9.17) is 25.0 Å². The molecule has 2 N–H and O–H groups in total. The third-order valence-corrected chi connectivity index (χ3v) is 11.0. The number of thiophene rings is 1. The van der Waals surface area contributed by atoms with Crippen LogP contribution in [0.4, 0.5) is 5.00 Å². The van der Waals surface area contributed by atoms with Crippen molar-refractivity contribution in [3.63, 3.8) is 0 Å². The van der Waals surface area contributed by atoms with Gasteiger partial charge in [0, 0.05) is 35.5 Å². The fraction of sp³-hybridized carbons (Fsp3) is 0.594. The number of fused-ring (bicyclic) bond motifs is 2. The van der Waals surface area contributed by atoms with Crippen molar-refractivity contribution in [3.8, 4) is 23.5 Å². The maximum absolute atomic E-state index is 13.7. The second kappa shape index (κ2) is 11.7. The SMILES string of the molecule is CCCc1c(C2CCCc3sc(N)c(C#N)c32)noc1-c1nc(OC[C@@H]2CCCN2C)c2c(n1)n(C1CCCC1)c(=O)n2C. The van der Waals surface area contributed by atoms with Gasteiger partial charge in [-0.1, -0.05) is 31.3 Å². The van der Waals surface area contributed by atoms with Gasteiger partial charge in [0.1, 0.15) is 17.7 Å². The predicted octanol–water partition coefficient (Wildman–Crippen LogP) is 5.31. The van der Waals surface area contributed by atoms with Gasteiger partial charge in [0.2, 0.25) is 17.5 Å². The average Bonchev–Trinajstić information content (AvgIpc) is 3.84. The van der Waals surface area contributed by atoms with Crippen LogP contribution < -0.4 is 16.2 Å². The minimum atomic E-state index is -0.0953. The van der Waals surface area contributed by atoms with Crippen molar-refractivity contribution in [2.45, 2.75) is 95.6 Å². The monoisotopic (exact) mass is 616 g/mol. The standard InChI is InChI=1S/C32H40N8O3S/c1-4-9-21-25(20-13-7-14-23-24(20)22(16-33)28(34)44-23)37-43-27(21)29-35-30-26(31(36-29)42-17-19-12-8-15-38(19)2)39(3)32(41)40(30)18-10-5-6-11-18/h18-20H,4-15,17,34H2,1-3H3/t19-,20?/m0/s1. The Morgan fingerprint density at radius 3 is 2.68 bits per heavy atom. The van der Waals surface area contributed by atoms with Gasteiger partial charge in [-0.15, -0.1) is 11.3 Å². The van der Waals surface area contributed by atoms with Crippen molar-refractivity contribution in [1.82, 2.24) is 29.2 Å². The summed E-state index contributed by atoms with van der Waals surface area (Å²) in [4.78, 5) is 27.1. The number of nitrogen functional groups attached to an aromatic ring is 1. The molecule has 1 aliphatic heterocycles. The lowest BCUT2D eigenvalue weighted by molar-refractivity contribution is 0.194. The van der Waals surface area contributed by atoms with Crippen molar-refractivity contribution >= 4 is 27.5 Å². The zero-order chi connectivity index (χ0) is 30.5. The molecule has 2 aliphatic carbocycles. The van der Waals surface area contributed by atoms with Crippen LogP contribution in [0.15, 0.2) is 9.32 Å². The van der Waals surface area contributed by atoms with Gasteiger partial charge < -0.3 is 19.9 Å². The Morgan fingerprint density at radius 1 is 1.14 bits per heavy atom. The van der Waals surface area contributed by atoms with Gasteiger partial charge in [-0.25, -0.2) is 9.78 Å². The van der Waals surface area contributed by atoms with Crippen LogP contribution in [0, 0.1) is 11.3 Å². The Morgan fingerprint density at radius 2 is 1.95 bits per heavy atom. The molecule has 7 rings (SSSR count). The molecule has 0 radical (unpaired) electrons. The van der Waals surface area contributed by atoms with E-state index in [2.05, 4.69) is 30.1 Å². The number of nitriles is 1. The van der Waals surface area contributed by atoms with Gasteiger partial charge in [0.15, 0.2) is 11.2 Å². The maximum Gasteiger partial charge on any atom is 0.330 e. The van der Waals surface area contributed by atoms with Gasteiger partial charge in [-0.05, 0) is 70.5 Å². The summed E-state index contributed by atoms with van der Waals surface area (Å²) in [6, 6.07) is 2.73. The number of nitrogens with zero attached hydrogens (tertiary/aromatic N) is 7. The van der Waals surface area contributed by atoms with E-state index < -0.39 is 0 Å². The van der Waals surface area contributed by atoms with E-state index in [9.17, 15) is 10.1 Å². The molecular formula is C32H40N8O3S. The summed E-state index contributed by atoms with van der Waals surface area (Å²) in [6.45, 7) is 3.65. The molecule has 1 unspecified atom stereocenters. The zero-order valence-electron chi connectivity index (χ0n) is 25.8. The first-order valence-electron chi connectivity index (χ1n) is 16.0. The van der Waals surface area contributed by atoms with Crippen LogP contribution in [0.3, 0.4) is 0 Å². The van der Waals surface area contributed by atoms with Gasteiger partial charge in [-0.3, -0.25) is 9.13 Å². The molecule has 2 atom stereocenters. The highest BCUT2D eigenvalue weighted by Crippen LogP contribution is 2.46. The van der Waals surface area contributed by atoms with Crippen LogP contribution in [-0.2, 0) is 19.9 Å². The second-order valence-corrected chi connectivity index (χ2v) is 13.8. The summed E-state index contributed by atoms with van der Waals surface area (Å²) >= 11 is 1.52. The van der Waals surface area contributed by atoms with Crippen LogP contribution >= 0.6 is 11.3 Å². The van der Waals surface area contributed by atoms with Crippen LogP contribution in [0.25, 0.3) is 22.7 Å². The molecule has 12 heteroatoms. The zero-order valence-corrected chi connectivity index (χ0v) is 26.6. The third-order valence-electron chi connectivity index (χ3n) is 9.92. The van der Waals surface area contributed by atoms with Gasteiger partial charge in [0.05, 0.1) is 11.3 Å². The number of anilines is 1. The topological polar surface area (TPSA) is 141 Å². The molecule has 11 nitrogen and oxygen atoms in total. The number of hydrogen-bond donors (Lipinski definition) is 1. The summed E-state index contributed by atoms with van der Waals surface area (Å²) in [7, 11) is 3.90. The summed E-state index contributed by atoms with van der Waals surface area (Å²) in [5.41, 5.74) is 10.7. The molecule has 0 spiro atoms. The first-order valence-corrected chi connectivity index (χ1v) is 16.8. The van der Waals surface area contributed by atoms with E-state index in [1.165, 1.54) is 11.3 Å². The molecule has 3 aliphatic rings. The Bertz CT molecular complexity index is 1800. The average molecular weight is 617 g/mol. The minimum absolute atomic E-state index is 0.0771. The van der Waals surface area contributed by atoms with Crippen LogP contribution in [0.2, 0.25) is 0 Å². The predicted molar refractivity (Wildman–Crippen MR) is 169 cm³/mol. The molecule has 4 aromatic heterocycles. The number of imidazole rings is 1. The second-order valence-electron chi connectivity index (χ2n) is 12.6. The molecule has 5 heterocycles. The number of likely N-dealkylation sites (N-methyl/N-ethyl adjacent to an activating group) is 1. The van der Waals surface area contributed by atoms with Crippen molar-refractivity contribution in [2.75, 3.05) is 25.9 Å². The van der Waals surface area contributed by atoms with Crippen LogP contribution in [0.5, 0.6) is 5.88 Å². The smallest absolute Gasteiger partial charge is 0.330 e. The van der Waals surface area contributed by atoms with E-state index in [1.54, 1.807) is 11.6 Å². The highest BCUT2D eigenvalue weighted by Gasteiger charge is 2.35. The van der Waals surface area contributed by atoms with Crippen LogP contribution in [0.1, 0.15) is 104 Å². The fourth-order valence-corrected chi connectivity index (χ4v) is 8.74. The lowest BCUT2D eigenvalue weighted by Gasteiger charge is -2.22. The lowest BCUT2D eigenvalue weighted by Crippen LogP contribution is -2.30. The summed E-state index contributed by atoms with van der Waals surface area (Å²) in [5.74, 6) is 1.22. The van der Waals surface area contributed by atoms with Crippen molar-refractivity contribution in [2.24, 2.45) is 7.05 Å². The first kappa shape index (κ1) is 29.0. The molecule has 0 bridgehead atoms. The highest BCUT2D eigenvalue weighted by atomic mass is 32.1. The number of likely N-dealkylation sites (tertiary alicyclic amines) is 1. The fourth-order valence-electron chi connectivity index (χ4n) is 7.62. The number of aromatic nitrogens is 5. The Balaban J connectivity index is 1.38. The number of nitrogens with two attached hydrogens (primary N) is 1. The maximum atomic E-state index is 13.7. The molecule has 4 aromatic rings. The quantitative estimate of drug-likeness (QED) is 0.279. The van der Waals surface area contributed by atoms with Crippen molar-refractivity contribution in [3.05, 3.63) is 37.7 Å². The van der Waals surface area contributed by atoms with E-state index in [0.717, 1.165) is 98.9 Å². The Kier molecular flexibility index (Phi) is 7.70. The van der Waals surface area contributed by atoms with E-state index in [1.807, 2.05) is 4.57 Å². The van der Waals surface area contributed by atoms with Crippen molar-refractivity contribution in [1.29, 1.82) is 5.26 Å². The van der Waals surface area contributed by atoms with Crippen LogP contribution in [-0.4, -0.2) is 55.4 Å². The van der Waals surface area contributed by atoms with E-state index in [0.29, 0.717) is 45.8 Å². The largest absolute Gasteiger partial charge is 0.474 e. The number of hydrogen-bond acceptors (Lipinski definition) is 10. The normalized spacial score (nSPS) is 20.9. The number of rotatable bonds is 8. The molecule has 44 heavy (non-hydrogen) atoms. The molecular weight excluding hydrogens is 576 g/mol. The molecule has 1 saturated carbocycles. The van der Waals surface area contributed by atoms with Gasteiger partial charge in [0.25, 0.3) is 0 Å². The molecule has 2 fully saturated rings. The third kappa shape index (κ3) is 4.72. The first-order chi connectivity index (χ1) is 21.4. The van der Waals surface area contributed by atoms with E-state index >= 15 is 0 Å². The summed E-state index contributed by atoms with van der Waals surface area (Å²) in [6.07, 6.45) is 10.6. The Labute approximate surface area is 260 Å². The molecule has 0 amide bonds. The molecule has 0 aromatic carbocycles. The van der Waals surface area contributed by atoms with E-state index in [-0.39, 0.29) is 23.7 Å². The summed E-state index contributed by atoms with van der Waals surface area (Å²) in [5, 5.41) is 15.2. The number of aryl methyl sites for hydroxylation is 2. The lowest BCUT2D eigenvalue weighted by atomic mass is 9.81. The Hall–Kier alpha value is -3.69. The van der Waals surface area contributed by atoms with Gasteiger partial charge in [-0.2, -0.15) is 10.2 Å². The minimum Gasteiger partial charge on any atom is -0.474 e. The van der Waals surface area contributed by atoms with Gasteiger partial charge >= 0.3 is 5.69 Å². The summed E-state index contributed by atoms with van der Waals surface area (Å²) < 4.78 is 16.1. The number of ether oxygens (including phenoxy) is 1. The highest BCUT2D eigenvalue weighted by molar-refractivity contribution is 7.16.